The summed E-state index contributed by atoms with van der Waals surface area (Å²) in [5.74, 6) is 0. The van der Waals surface area contributed by atoms with E-state index in [-0.39, 0.29) is 0 Å². The van der Waals surface area contributed by atoms with Crippen LogP contribution in [0.25, 0.3) is 6.08 Å². The normalized spacial score (nSPS) is 11.1. The average Bonchev–Trinajstić information content (AvgIpc) is 2.09. The second-order valence-electron chi connectivity index (χ2n) is 3.55. The molecule has 0 atom stereocenters. The molecule has 0 radical (unpaired) electrons. The van der Waals surface area contributed by atoms with Crippen molar-refractivity contribution < 1.29 is 0 Å². The van der Waals surface area contributed by atoms with Crippen LogP contribution < -0.4 is 11.5 Å². The van der Waals surface area contributed by atoms with Crippen LogP contribution >= 0.6 is 0 Å². The highest BCUT2D eigenvalue weighted by molar-refractivity contribution is 5.62. The van der Waals surface area contributed by atoms with E-state index in [9.17, 15) is 0 Å². The van der Waals surface area contributed by atoms with Crippen LogP contribution in [0.2, 0.25) is 0 Å². The molecular formula is C12H18N2. The highest BCUT2D eigenvalue weighted by atomic mass is 14.5. The van der Waals surface area contributed by atoms with Crippen molar-refractivity contribution in [1.29, 1.82) is 0 Å². The van der Waals surface area contributed by atoms with Crippen LogP contribution in [0.1, 0.15) is 23.1 Å². The molecule has 0 fully saturated rings. The molecule has 2 heteroatoms. The number of anilines is 1. The molecule has 0 saturated carbocycles. The Labute approximate surface area is 85.6 Å². The van der Waals surface area contributed by atoms with Gasteiger partial charge in [-0.1, -0.05) is 12.2 Å². The maximum atomic E-state index is 5.74. The number of hydrogen-bond donors (Lipinski definition) is 2. The van der Waals surface area contributed by atoms with Gasteiger partial charge in [0.2, 0.25) is 0 Å². The van der Waals surface area contributed by atoms with Crippen LogP contribution in [0.4, 0.5) is 5.69 Å². The summed E-state index contributed by atoms with van der Waals surface area (Å²) >= 11 is 0. The summed E-state index contributed by atoms with van der Waals surface area (Å²) < 4.78 is 0. The Morgan fingerprint density at radius 2 is 1.79 bits per heavy atom. The molecule has 0 aliphatic carbocycles. The zero-order valence-corrected chi connectivity index (χ0v) is 8.88. The van der Waals surface area contributed by atoms with Crippen LogP contribution in [0.3, 0.4) is 0 Å². The molecule has 1 aromatic carbocycles. The molecule has 1 aromatic rings. The van der Waals surface area contributed by atoms with Crippen LogP contribution in [0.5, 0.6) is 0 Å². The van der Waals surface area contributed by atoms with Gasteiger partial charge in [-0.05, 0) is 55.6 Å². The van der Waals surface area contributed by atoms with Gasteiger partial charge in [0.1, 0.15) is 0 Å². The first-order valence-electron chi connectivity index (χ1n) is 4.88. The molecule has 1 rings (SSSR count). The molecule has 0 unspecified atom stereocenters. The van der Waals surface area contributed by atoms with Gasteiger partial charge in [-0.2, -0.15) is 0 Å². The van der Waals surface area contributed by atoms with Crippen molar-refractivity contribution in [3.05, 3.63) is 34.9 Å². The number of hydrogen-bond acceptors (Lipinski definition) is 2. The Morgan fingerprint density at radius 1 is 1.21 bits per heavy atom. The molecule has 0 aliphatic rings. The Bertz CT molecular complexity index is 317. The standard InChI is InChI=1S/C12H18N2/c1-9-7-11(14)8-10(2)12(9)5-3-4-6-13/h3,5,7-8H,4,6,13-14H2,1-2H3. The summed E-state index contributed by atoms with van der Waals surface area (Å²) in [5.41, 5.74) is 15.7. The smallest absolute Gasteiger partial charge is 0.0319 e. The molecule has 2 nitrogen and oxygen atoms in total. The number of aryl methyl sites for hydroxylation is 2. The first kappa shape index (κ1) is 10.8. The minimum atomic E-state index is 0.698. The van der Waals surface area contributed by atoms with E-state index in [0.29, 0.717) is 6.54 Å². The predicted octanol–water partition coefficient (Wildman–Crippen LogP) is 2.25. The Hall–Kier alpha value is -1.28. The summed E-state index contributed by atoms with van der Waals surface area (Å²) in [6.45, 7) is 4.85. The minimum absolute atomic E-state index is 0.698. The van der Waals surface area contributed by atoms with E-state index in [0.717, 1.165) is 12.1 Å². The van der Waals surface area contributed by atoms with E-state index < -0.39 is 0 Å². The molecule has 0 bridgehead atoms. The largest absolute Gasteiger partial charge is 0.399 e. The Kier molecular flexibility index (Phi) is 3.72. The number of rotatable bonds is 3. The van der Waals surface area contributed by atoms with Gasteiger partial charge >= 0.3 is 0 Å². The van der Waals surface area contributed by atoms with Crippen molar-refractivity contribution in [1.82, 2.24) is 0 Å². The highest BCUT2D eigenvalue weighted by Crippen LogP contribution is 2.19. The van der Waals surface area contributed by atoms with Crippen molar-refractivity contribution in [2.45, 2.75) is 20.3 Å². The van der Waals surface area contributed by atoms with E-state index >= 15 is 0 Å². The zero-order chi connectivity index (χ0) is 10.6. The summed E-state index contributed by atoms with van der Waals surface area (Å²) in [5, 5.41) is 0. The van der Waals surface area contributed by atoms with Crippen molar-refractivity contribution in [2.75, 3.05) is 12.3 Å². The fraction of sp³-hybridized carbons (Fsp3) is 0.333. The SMILES string of the molecule is Cc1cc(N)cc(C)c1C=CCCN. The number of nitrogen functional groups attached to an aromatic ring is 1. The summed E-state index contributed by atoms with van der Waals surface area (Å²) in [4.78, 5) is 0. The van der Waals surface area contributed by atoms with Gasteiger partial charge in [0.05, 0.1) is 0 Å². The molecule has 4 N–H and O–H groups in total. The molecule has 0 aliphatic heterocycles. The lowest BCUT2D eigenvalue weighted by Crippen LogP contribution is -1.96. The maximum Gasteiger partial charge on any atom is 0.0319 e. The fourth-order valence-corrected chi connectivity index (χ4v) is 1.57. The lowest BCUT2D eigenvalue weighted by Gasteiger charge is -2.06. The number of benzene rings is 1. The summed E-state index contributed by atoms with van der Waals surface area (Å²) in [6, 6.07) is 3.99. The van der Waals surface area contributed by atoms with Gasteiger partial charge in [0.15, 0.2) is 0 Å². The molecule has 76 valence electrons. The monoisotopic (exact) mass is 190 g/mol. The second-order valence-corrected chi connectivity index (χ2v) is 3.55. The second kappa shape index (κ2) is 4.82. The first-order chi connectivity index (χ1) is 6.65. The molecule has 0 heterocycles. The van der Waals surface area contributed by atoms with Crippen molar-refractivity contribution >= 4 is 11.8 Å². The van der Waals surface area contributed by atoms with E-state index in [1.807, 2.05) is 12.1 Å². The lowest BCUT2D eigenvalue weighted by atomic mass is 10.0. The van der Waals surface area contributed by atoms with Crippen LogP contribution in [0, 0.1) is 13.8 Å². The van der Waals surface area contributed by atoms with Gasteiger partial charge in [-0.3, -0.25) is 0 Å². The lowest BCUT2D eigenvalue weighted by molar-refractivity contribution is 1.01. The van der Waals surface area contributed by atoms with Crippen molar-refractivity contribution in [2.24, 2.45) is 5.73 Å². The third-order valence-electron chi connectivity index (χ3n) is 2.23. The van der Waals surface area contributed by atoms with Gasteiger partial charge in [0, 0.05) is 5.69 Å². The van der Waals surface area contributed by atoms with Crippen molar-refractivity contribution in [3.8, 4) is 0 Å². The minimum Gasteiger partial charge on any atom is -0.399 e. The average molecular weight is 190 g/mol. The Morgan fingerprint density at radius 3 is 2.29 bits per heavy atom. The molecule has 0 saturated heterocycles. The first-order valence-corrected chi connectivity index (χ1v) is 4.88. The molecule has 0 aromatic heterocycles. The van der Waals surface area contributed by atoms with Crippen LogP contribution in [0.15, 0.2) is 18.2 Å². The van der Waals surface area contributed by atoms with E-state index in [1.54, 1.807) is 0 Å². The van der Waals surface area contributed by atoms with Gasteiger partial charge in [0.25, 0.3) is 0 Å². The topological polar surface area (TPSA) is 52.0 Å². The molecule has 0 spiro atoms. The van der Waals surface area contributed by atoms with Gasteiger partial charge < -0.3 is 11.5 Å². The van der Waals surface area contributed by atoms with Crippen molar-refractivity contribution in [3.63, 3.8) is 0 Å². The Balaban J connectivity index is 2.96. The zero-order valence-electron chi connectivity index (χ0n) is 8.88. The summed E-state index contributed by atoms with van der Waals surface area (Å²) in [6.07, 6.45) is 5.14. The fourth-order valence-electron chi connectivity index (χ4n) is 1.57. The van der Waals surface area contributed by atoms with E-state index in [2.05, 4.69) is 26.0 Å². The van der Waals surface area contributed by atoms with Crippen LogP contribution in [-0.2, 0) is 0 Å². The summed E-state index contributed by atoms with van der Waals surface area (Å²) in [7, 11) is 0. The molecule has 0 amide bonds. The highest BCUT2D eigenvalue weighted by Gasteiger charge is 1.99. The van der Waals surface area contributed by atoms with Gasteiger partial charge in [-0.25, -0.2) is 0 Å². The van der Waals surface area contributed by atoms with Crippen LogP contribution in [-0.4, -0.2) is 6.54 Å². The predicted molar refractivity (Wildman–Crippen MR) is 63.0 cm³/mol. The van der Waals surface area contributed by atoms with Gasteiger partial charge in [-0.15, -0.1) is 0 Å². The van der Waals surface area contributed by atoms with E-state index in [1.165, 1.54) is 16.7 Å². The number of nitrogens with two attached hydrogens (primary N) is 2. The molecular weight excluding hydrogens is 172 g/mol. The van der Waals surface area contributed by atoms with E-state index in [4.69, 9.17) is 11.5 Å². The third kappa shape index (κ3) is 2.60. The molecule has 14 heavy (non-hydrogen) atoms. The third-order valence-corrected chi connectivity index (χ3v) is 2.23. The quantitative estimate of drug-likeness (QED) is 0.718. The maximum absolute atomic E-state index is 5.74.